The van der Waals surface area contributed by atoms with Crippen LogP contribution in [0, 0.1) is 0 Å². The van der Waals surface area contributed by atoms with Crippen molar-refractivity contribution in [2.24, 2.45) is 0 Å². The van der Waals surface area contributed by atoms with Crippen molar-refractivity contribution in [2.75, 3.05) is 19.5 Å². The molecule has 2 aromatic heterocycles. The topological polar surface area (TPSA) is 78.3 Å². The number of benzene rings is 1. The lowest BCUT2D eigenvalue weighted by Crippen LogP contribution is -2.27. The van der Waals surface area contributed by atoms with E-state index in [0.717, 1.165) is 16.6 Å². The minimum Gasteiger partial charge on any atom is -0.493 e. The van der Waals surface area contributed by atoms with Gasteiger partial charge in [-0.1, -0.05) is 6.07 Å². The first kappa shape index (κ1) is 17.7. The van der Waals surface area contributed by atoms with Crippen LogP contribution in [-0.4, -0.2) is 28.8 Å². The predicted molar refractivity (Wildman–Crippen MR) is 101 cm³/mol. The van der Waals surface area contributed by atoms with E-state index in [1.165, 1.54) is 0 Å². The largest absolute Gasteiger partial charge is 0.493 e. The molecule has 0 saturated carbocycles. The molecule has 3 rings (SSSR count). The quantitative estimate of drug-likeness (QED) is 0.733. The molecule has 0 unspecified atom stereocenters. The summed E-state index contributed by atoms with van der Waals surface area (Å²) >= 11 is 0. The molecule has 0 amide bonds. The van der Waals surface area contributed by atoms with Gasteiger partial charge in [0, 0.05) is 18.8 Å². The van der Waals surface area contributed by atoms with Gasteiger partial charge < -0.3 is 14.8 Å². The number of rotatable bonds is 6. The standard InChI is InChI=1S/C19H22N4O3/c1-12(2)23-15-11-20-8-7-14(15)22-18(19(23)24)21-10-13-5-6-16(25-3)17(9-13)26-4/h5-9,11-12H,10H2,1-4H3,(H,21,22). The zero-order chi connectivity index (χ0) is 18.7. The van der Waals surface area contributed by atoms with Crippen LogP contribution in [0.3, 0.4) is 0 Å². The van der Waals surface area contributed by atoms with Crippen LogP contribution in [0.1, 0.15) is 25.5 Å². The lowest BCUT2D eigenvalue weighted by Gasteiger charge is -2.16. The fourth-order valence-electron chi connectivity index (χ4n) is 2.85. The summed E-state index contributed by atoms with van der Waals surface area (Å²) in [6, 6.07) is 7.42. The molecule has 0 aliphatic rings. The molecule has 0 aliphatic heterocycles. The van der Waals surface area contributed by atoms with Crippen LogP contribution in [0.4, 0.5) is 5.82 Å². The molecule has 0 saturated heterocycles. The van der Waals surface area contributed by atoms with Gasteiger partial charge in [0.15, 0.2) is 17.3 Å². The van der Waals surface area contributed by atoms with Crippen LogP contribution in [0.15, 0.2) is 41.5 Å². The molecular weight excluding hydrogens is 332 g/mol. The summed E-state index contributed by atoms with van der Waals surface area (Å²) in [5, 5.41) is 3.14. The summed E-state index contributed by atoms with van der Waals surface area (Å²) in [6.07, 6.45) is 3.34. The Kier molecular flexibility index (Phi) is 5.06. The number of nitrogens with one attached hydrogen (secondary N) is 1. The van der Waals surface area contributed by atoms with E-state index in [-0.39, 0.29) is 11.6 Å². The number of pyridine rings is 1. The average molecular weight is 354 g/mol. The third-order valence-corrected chi connectivity index (χ3v) is 4.12. The van der Waals surface area contributed by atoms with Gasteiger partial charge in [-0.25, -0.2) is 4.98 Å². The highest BCUT2D eigenvalue weighted by atomic mass is 16.5. The summed E-state index contributed by atoms with van der Waals surface area (Å²) in [7, 11) is 3.19. The molecule has 1 N–H and O–H groups in total. The van der Waals surface area contributed by atoms with Gasteiger partial charge in [0.2, 0.25) is 0 Å². The molecule has 0 radical (unpaired) electrons. The third kappa shape index (κ3) is 3.33. The lowest BCUT2D eigenvalue weighted by atomic mass is 10.2. The van der Waals surface area contributed by atoms with Crippen molar-refractivity contribution in [3.05, 3.63) is 52.6 Å². The number of nitrogens with zero attached hydrogens (tertiary/aromatic N) is 3. The molecule has 7 nitrogen and oxygen atoms in total. The van der Waals surface area contributed by atoms with E-state index in [0.29, 0.717) is 23.9 Å². The van der Waals surface area contributed by atoms with E-state index in [1.54, 1.807) is 37.2 Å². The molecule has 26 heavy (non-hydrogen) atoms. The van der Waals surface area contributed by atoms with Gasteiger partial charge in [0.05, 0.1) is 31.4 Å². The van der Waals surface area contributed by atoms with E-state index in [9.17, 15) is 4.79 Å². The highest BCUT2D eigenvalue weighted by molar-refractivity contribution is 5.75. The first-order valence-electron chi connectivity index (χ1n) is 8.36. The van der Waals surface area contributed by atoms with Gasteiger partial charge in [-0.2, -0.15) is 0 Å². The highest BCUT2D eigenvalue weighted by Crippen LogP contribution is 2.27. The smallest absolute Gasteiger partial charge is 0.294 e. The van der Waals surface area contributed by atoms with Crippen molar-refractivity contribution < 1.29 is 9.47 Å². The highest BCUT2D eigenvalue weighted by Gasteiger charge is 2.13. The number of hydrogen-bond acceptors (Lipinski definition) is 6. The van der Waals surface area contributed by atoms with Crippen molar-refractivity contribution in [3.63, 3.8) is 0 Å². The van der Waals surface area contributed by atoms with Gasteiger partial charge in [-0.15, -0.1) is 0 Å². The summed E-state index contributed by atoms with van der Waals surface area (Å²) in [5.41, 5.74) is 2.24. The Bertz CT molecular complexity index is 982. The Hall–Kier alpha value is -3.09. The zero-order valence-electron chi connectivity index (χ0n) is 15.3. The summed E-state index contributed by atoms with van der Waals surface area (Å²) in [4.78, 5) is 21.4. The molecule has 0 atom stereocenters. The maximum absolute atomic E-state index is 12.8. The van der Waals surface area contributed by atoms with Crippen molar-refractivity contribution in [1.29, 1.82) is 0 Å². The van der Waals surface area contributed by atoms with E-state index >= 15 is 0 Å². The van der Waals surface area contributed by atoms with E-state index in [1.807, 2.05) is 32.0 Å². The molecule has 0 aliphatic carbocycles. The SMILES string of the molecule is COc1ccc(CNc2nc3ccncc3n(C(C)C)c2=O)cc1OC. The first-order valence-corrected chi connectivity index (χ1v) is 8.36. The maximum atomic E-state index is 12.8. The maximum Gasteiger partial charge on any atom is 0.294 e. The second-order valence-corrected chi connectivity index (χ2v) is 6.14. The molecule has 3 aromatic rings. The second-order valence-electron chi connectivity index (χ2n) is 6.14. The fraction of sp³-hybridized carbons (Fsp3) is 0.316. The predicted octanol–water partition coefficient (Wildman–Crippen LogP) is 3.00. The minimum absolute atomic E-state index is 0.00108. The number of methoxy groups -OCH3 is 2. The minimum atomic E-state index is -0.166. The second kappa shape index (κ2) is 7.43. The third-order valence-electron chi connectivity index (χ3n) is 4.12. The Labute approximate surface area is 151 Å². The fourth-order valence-corrected chi connectivity index (χ4v) is 2.85. The van der Waals surface area contributed by atoms with E-state index < -0.39 is 0 Å². The number of fused-ring (bicyclic) bond motifs is 1. The van der Waals surface area contributed by atoms with Gasteiger partial charge in [-0.3, -0.25) is 14.3 Å². The van der Waals surface area contributed by atoms with Crippen LogP contribution >= 0.6 is 0 Å². The zero-order valence-corrected chi connectivity index (χ0v) is 15.3. The van der Waals surface area contributed by atoms with E-state index in [4.69, 9.17) is 9.47 Å². The molecule has 1 aromatic carbocycles. The van der Waals surface area contributed by atoms with Gasteiger partial charge in [-0.05, 0) is 37.6 Å². The molecule has 7 heteroatoms. The molecular formula is C19H22N4O3. The summed E-state index contributed by atoms with van der Waals surface area (Å²) in [6.45, 7) is 4.37. The van der Waals surface area contributed by atoms with Crippen LogP contribution in [-0.2, 0) is 6.54 Å². The molecule has 0 bridgehead atoms. The van der Waals surface area contributed by atoms with Crippen molar-refractivity contribution in [3.8, 4) is 11.5 Å². The van der Waals surface area contributed by atoms with Crippen molar-refractivity contribution in [1.82, 2.24) is 14.5 Å². The number of aromatic nitrogens is 3. The van der Waals surface area contributed by atoms with Gasteiger partial charge in [0.25, 0.3) is 5.56 Å². The van der Waals surface area contributed by atoms with Gasteiger partial charge >= 0.3 is 0 Å². The van der Waals surface area contributed by atoms with E-state index in [2.05, 4.69) is 15.3 Å². The Morgan fingerprint density at radius 3 is 2.62 bits per heavy atom. The Balaban J connectivity index is 1.94. The molecule has 2 heterocycles. The van der Waals surface area contributed by atoms with Crippen LogP contribution < -0.4 is 20.3 Å². The summed E-state index contributed by atoms with van der Waals surface area (Å²) in [5.74, 6) is 1.62. The Morgan fingerprint density at radius 2 is 1.92 bits per heavy atom. The van der Waals surface area contributed by atoms with Crippen LogP contribution in [0.2, 0.25) is 0 Å². The molecule has 0 fully saturated rings. The normalized spacial score (nSPS) is 11.0. The van der Waals surface area contributed by atoms with Crippen molar-refractivity contribution >= 4 is 16.9 Å². The van der Waals surface area contributed by atoms with Crippen LogP contribution in [0.5, 0.6) is 11.5 Å². The number of ether oxygens (including phenoxy) is 2. The number of hydrogen-bond donors (Lipinski definition) is 1. The average Bonchev–Trinajstić information content (AvgIpc) is 2.65. The summed E-state index contributed by atoms with van der Waals surface area (Å²) < 4.78 is 12.3. The molecule has 136 valence electrons. The van der Waals surface area contributed by atoms with Crippen LogP contribution in [0.25, 0.3) is 11.0 Å². The number of anilines is 1. The molecule has 0 spiro atoms. The monoisotopic (exact) mass is 354 g/mol. The lowest BCUT2D eigenvalue weighted by molar-refractivity contribution is 0.354. The first-order chi connectivity index (χ1) is 12.5. The Morgan fingerprint density at radius 1 is 1.15 bits per heavy atom. The van der Waals surface area contributed by atoms with Crippen molar-refractivity contribution in [2.45, 2.75) is 26.4 Å². The van der Waals surface area contributed by atoms with Gasteiger partial charge in [0.1, 0.15) is 0 Å².